The normalized spacial score (nSPS) is 12.3. The number of nitriles is 1. The van der Waals surface area contributed by atoms with Crippen molar-refractivity contribution < 1.29 is 4.42 Å². The summed E-state index contributed by atoms with van der Waals surface area (Å²) in [5.41, 5.74) is 1.04. The van der Waals surface area contributed by atoms with Crippen LogP contribution in [0.5, 0.6) is 0 Å². The molecule has 5 heteroatoms. The largest absolute Gasteiger partial charge is 0.449 e. The minimum absolute atomic E-state index is 0.185. The lowest BCUT2D eigenvalue weighted by molar-refractivity contribution is 0.453. The maximum Gasteiger partial charge on any atom is 0.203 e. The van der Waals surface area contributed by atoms with Crippen LogP contribution in [-0.2, 0) is 6.54 Å². The van der Waals surface area contributed by atoms with Crippen molar-refractivity contribution in [2.24, 2.45) is 0 Å². The van der Waals surface area contributed by atoms with Gasteiger partial charge in [0.05, 0.1) is 12.6 Å². The van der Waals surface area contributed by atoms with Crippen LogP contribution < -0.4 is 5.32 Å². The quantitative estimate of drug-likeness (QED) is 0.902. The topological polar surface area (TPSA) is 61.9 Å². The van der Waals surface area contributed by atoms with E-state index in [-0.39, 0.29) is 6.04 Å². The molecule has 2 aromatic heterocycles. The van der Waals surface area contributed by atoms with Gasteiger partial charge < -0.3 is 9.73 Å². The van der Waals surface area contributed by atoms with Crippen molar-refractivity contribution in [1.29, 1.82) is 5.26 Å². The molecule has 1 atom stereocenters. The highest BCUT2D eigenvalue weighted by Crippen LogP contribution is 2.18. The van der Waals surface area contributed by atoms with Gasteiger partial charge in [-0.05, 0) is 26.0 Å². The molecule has 0 saturated heterocycles. The summed E-state index contributed by atoms with van der Waals surface area (Å²) in [6, 6.07) is 5.64. The molecular weight excluding hydrogens is 234 g/mol. The minimum Gasteiger partial charge on any atom is -0.449 e. The van der Waals surface area contributed by atoms with Crippen LogP contribution in [0, 0.1) is 18.3 Å². The van der Waals surface area contributed by atoms with Crippen LogP contribution in [0.2, 0.25) is 0 Å². The Morgan fingerprint density at radius 2 is 2.41 bits per heavy atom. The zero-order chi connectivity index (χ0) is 12.3. The molecule has 0 spiro atoms. The summed E-state index contributed by atoms with van der Waals surface area (Å²) >= 11 is 1.65. The summed E-state index contributed by atoms with van der Waals surface area (Å²) in [5.74, 6) is 1.11. The maximum atomic E-state index is 8.64. The fraction of sp³-hybridized carbons (Fsp3) is 0.333. The third-order valence-electron chi connectivity index (χ3n) is 2.36. The van der Waals surface area contributed by atoms with E-state index in [1.807, 2.05) is 24.4 Å². The Labute approximate surface area is 104 Å². The second-order valence-corrected chi connectivity index (χ2v) is 4.70. The van der Waals surface area contributed by atoms with Crippen molar-refractivity contribution in [3.63, 3.8) is 0 Å². The summed E-state index contributed by atoms with van der Waals surface area (Å²) in [6.07, 6.45) is 0. The molecule has 88 valence electrons. The van der Waals surface area contributed by atoms with Gasteiger partial charge in [-0.2, -0.15) is 5.26 Å². The Kier molecular flexibility index (Phi) is 3.57. The molecule has 0 amide bonds. The lowest BCUT2D eigenvalue weighted by Gasteiger charge is -2.09. The maximum absolute atomic E-state index is 8.64. The smallest absolute Gasteiger partial charge is 0.203 e. The number of rotatable bonds is 4. The number of thiazole rings is 1. The monoisotopic (exact) mass is 247 g/mol. The molecule has 17 heavy (non-hydrogen) atoms. The molecule has 0 aromatic carbocycles. The molecule has 0 radical (unpaired) electrons. The van der Waals surface area contributed by atoms with Crippen LogP contribution in [-0.4, -0.2) is 4.98 Å². The number of aryl methyl sites for hydroxylation is 1. The standard InChI is InChI=1S/C12H13N3OS/c1-8-7-17-12(15-8)9(2)14-6-11-4-3-10(5-13)16-11/h3-4,7,9,14H,6H2,1-2H3. The summed E-state index contributed by atoms with van der Waals surface area (Å²) in [4.78, 5) is 4.42. The number of nitrogens with zero attached hydrogens (tertiary/aromatic N) is 2. The SMILES string of the molecule is Cc1csc(C(C)NCc2ccc(C#N)o2)n1. The first-order chi connectivity index (χ1) is 8.19. The molecule has 2 rings (SSSR count). The molecule has 0 aliphatic rings. The lowest BCUT2D eigenvalue weighted by Crippen LogP contribution is -2.17. The summed E-state index contributed by atoms with van der Waals surface area (Å²) in [7, 11) is 0. The predicted octanol–water partition coefficient (Wildman–Crippen LogP) is 2.77. The first-order valence-electron chi connectivity index (χ1n) is 5.33. The molecule has 0 bridgehead atoms. The van der Waals surface area contributed by atoms with E-state index in [1.165, 1.54) is 0 Å². The molecule has 0 aliphatic carbocycles. The molecule has 0 aliphatic heterocycles. The van der Waals surface area contributed by atoms with Crippen LogP contribution in [0.15, 0.2) is 21.9 Å². The number of aromatic nitrogens is 1. The molecule has 2 aromatic rings. The highest BCUT2D eigenvalue weighted by atomic mass is 32.1. The Bertz CT molecular complexity index is 538. The van der Waals surface area contributed by atoms with Gasteiger partial charge in [0.1, 0.15) is 16.8 Å². The second-order valence-electron chi connectivity index (χ2n) is 3.81. The molecule has 1 N–H and O–H groups in total. The Balaban J connectivity index is 1.92. The zero-order valence-electron chi connectivity index (χ0n) is 9.73. The van der Waals surface area contributed by atoms with Gasteiger partial charge in [0, 0.05) is 11.1 Å². The van der Waals surface area contributed by atoms with Crippen molar-refractivity contribution in [3.8, 4) is 6.07 Å². The van der Waals surface area contributed by atoms with Gasteiger partial charge in [-0.1, -0.05) is 0 Å². The number of hydrogen-bond donors (Lipinski definition) is 1. The van der Waals surface area contributed by atoms with Gasteiger partial charge in [0.2, 0.25) is 5.76 Å². The van der Waals surface area contributed by atoms with Gasteiger partial charge in [-0.15, -0.1) is 11.3 Å². The van der Waals surface area contributed by atoms with E-state index in [0.29, 0.717) is 12.3 Å². The number of furan rings is 1. The average Bonchev–Trinajstić information content (AvgIpc) is 2.94. The fourth-order valence-electron chi connectivity index (χ4n) is 1.45. The highest BCUT2D eigenvalue weighted by molar-refractivity contribution is 7.09. The third-order valence-corrected chi connectivity index (χ3v) is 3.51. The van der Waals surface area contributed by atoms with Gasteiger partial charge in [-0.25, -0.2) is 4.98 Å². The summed E-state index contributed by atoms with van der Waals surface area (Å²) in [6.45, 7) is 4.65. The molecule has 0 saturated carbocycles. The van der Waals surface area contributed by atoms with Crippen molar-refractivity contribution >= 4 is 11.3 Å². The number of hydrogen-bond acceptors (Lipinski definition) is 5. The Morgan fingerprint density at radius 3 is 3.00 bits per heavy atom. The zero-order valence-corrected chi connectivity index (χ0v) is 10.5. The third kappa shape index (κ3) is 2.93. The molecular formula is C12H13N3OS. The summed E-state index contributed by atoms with van der Waals surface area (Å²) < 4.78 is 5.28. The minimum atomic E-state index is 0.185. The van der Waals surface area contributed by atoms with E-state index in [4.69, 9.17) is 9.68 Å². The van der Waals surface area contributed by atoms with Crippen LogP contribution in [0.4, 0.5) is 0 Å². The van der Waals surface area contributed by atoms with E-state index in [1.54, 1.807) is 17.4 Å². The van der Waals surface area contributed by atoms with Gasteiger partial charge in [0.25, 0.3) is 0 Å². The van der Waals surface area contributed by atoms with E-state index >= 15 is 0 Å². The molecule has 2 heterocycles. The van der Waals surface area contributed by atoms with E-state index in [2.05, 4.69) is 17.2 Å². The predicted molar refractivity (Wildman–Crippen MR) is 65.5 cm³/mol. The molecule has 1 unspecified atom stereocenters. The average molecular weight is 247 g/mol. The highest BCUT2D eigenvalue weighted by Gasteiger charge is 2.09. The van der Waals surface area contributed by atoms with E-state index in [9.17, 15) is 0 Å². The van der Waals surface area contributed by atoms with Crippen LogP contribution >= 0.6 is 11.3 Å². The van der Waals surface area contributed by atoms with Gasteiger partial charge in [-0.3, -0.25) is 0 Å². The van der Waals surface area contributed by atoms with E-state index < -0.39 is 0 Å². The first kappa shape index (κ1) is 11.8. The second kappa shape index (κ2) is 5.13. The molecule has 4 nitrogen and oxygen atoms in total. The number of nitrogens with one attached hydrogen (secondary N) is 1. The van der Waals surface area contributed by atoms with Gasteiger partial charge >= 0.3 is 0 Å². The van der Waals surface area contributed by atoms with Crippen molar-refractivity contribution in [2.45, 2.75) is 26.4 Å². The van der Waals surface area contributed by atoms with Crippen molar-refractivity contribution in [2.75, 3.05) is 0 Å². The first-order valence-corrected chi connectivity index (χ1v) is 6.21. The van der Waals surface area contributed by atoms with Gasteiger partial charge in [0.15, 0.2) is 0 Å². The Morgan fingerprint density at radius 1 is 1.59 bits per heavy atom. The van der Waals surface area contributed by atoms with Crippen LogP contribution in [0.3, 0.4) is 0 Å². The lowest BCUT2D eigenvalue weighted by atomic mass is 10.3. The molecule has 0 fully saturated rings. The van der Waals surface area contributed by atoms with Crippen molar-refractivity contribution in [3.05, 3.63) is 39.7 Å². The van der Waals surface area contributed by atoms with Crippen LogP contribution in [0.25, 0.3) is 0 Å². The Hall–Kier alpha value is -1.64. The van der Waals surface area contributed by atoms with Crippen molar-refractivity contribution in [1.82, 2.24) is 10.3 Å². The van der Waals surface area contributed by atoms with E-state index in [0.717, 1.165) is 16.5 Å². The fourth-order valence-corrected chi connectivity index (χ4v) is 2.27. The summed E-state index contributed by atoms with van der Waals surface area (Å²) in [5, 5.41) is 15.0. The van der Waals surface area contributed by atoms with Crippen LogP contribution in [0.1, 0.15) is 35.2 Å².